The van der Waals surface area contributed by atoms with Gasteiger partial charge in [-0.3, -0.25) is 4.57 Å². The Kier molecular flexibility index (Phi) is 4.05. The molecule has 0 fully saturated rings. The van der Waals surface area contributed by atoms with Crippen LogP contribution in [0.2, 0.25) is 0 Å². The van der Waals surface area contributed by atoms with E-state index in [9.17, 15) is 14.3 Å². The lowest BCUT2D eigenvalue weighted by atomic mass is 10.0. The summed E-state index contributed by atoms with van der Waals surface area (Å²) in [6, 6.07) is 6.92. The largest absolute Gasteiger partial charge is 0.480 e. The second kappa shape index (κ2) is 6.03. The average Bonchev–Trinajstić information content (AvgIpc) is 2.86. The molecule has 0 radical (unpaired) electrons. The number of imidazole rings is 1. The van der Waals surface area contributed by atoms with Crippen molar-refractivity contribution in [3.05, 3.63) is 47.9 Å². The predicted octanol–water partition coefficient (Wildman–Crippen LogP) is 3.83. The number of pyridine rings is 1. The molecule has 24 heavy (non-hydrogen) atoms. The topological polar surface area (TPSA) is 68.0 Å². The third kappa shape index (κ3) is 2.75. The summed E-state index contributed by atoms with van der Waals surface area (Å²) in [4.78, 5) is 20.8. The fraction of sp³-hybridized carbons (Fsp3) is 0.278. The Balaban J connectivity index is 2.33. The summed E-state index contributed by atoms with van der Waals surface area (Å²) in [6.45, 7) is 5.58. The number of aryl methyl sites for hydroxylation is 1. The molecule has 2 heterocycles. The van der Waals surface area contributed by atoms with Crippen molar-refractivity contribution in [3.63, 3.8) is 0 Å². The first kappa shape index (κ1) is 16.1. The molecule has 1 N–H and O–H groups in total. The van der Waals surface area contributed by atoms with Gasteiger partial charge in [-0.15, -0.1) is 0 Å². The van der Waals surface area contributed by atoms with Gasteiger partial charge in [0.2, 0.25) is 0 Å². The summed E-state index contributed by atoms with van der Waals surface area (Å²) in [5.74, 6) is -0.990. The van der Waals surface area contributed by atoms with E-state index in [0.29, 0.717) is 22.6 Å². The maximum atomic E-state index is 13.2. The molecule has 124 valence electrons. The molecule has 0 aliphatic rings. The van der Waals surface area contributed by atoms with Gasteiger partial charge < -0.3 is 5.11 Å². The van der Waals surface area contributed by atoms with Crippen LogP contribution in [0.3, 0.4) is 0 Å². The second-order valence-electron chi connectivity index (χ2n) is 6.19. The molecule has 1 aromatic carbocycles. The Morgan fingerprint density at radius 2 is 1.92 bits per heavy atom. The van der Waals surface area contributed by atoms with Crippen molar-refractivity contribution in [2.75, 3.05) is 0 Å². The number of carbonyl (C=O) groups is 1. The first-order chi connectivity index (χ1) is 11.4. The molecular formula is C18H18FN3O2. The summed E-state index contributed by atoms with van der Waals surface area (Å²) in [5, 5.41) is 9.71. The fourth-order valence-corrected chi connectivity index (χ4v) is 2.84. The maximum Gasteiger partial charge on any atom is 0.327 e. The minimum Gasteiger partial charge on any atom is -0.480 e. The quantitative estimate of drug-likeness (QED) is 0.791. The average molecular weight is 327 g/mol. The van der Waals surface area contributed by atoms with Gasteiger partial charge in [0.15, 0.2) is 5.65 Å². The standard InChI is InChI=1S/C18H18FN3O2/c1-10(2)15(18(23)24)22-16(12-4-6-13(19)7-5-12)21-14-8-11(3)9-20-17(14)22/h4-10,15H,1-3H3,(H,23,24). The van der Waals surface area contributed by atoms with Crippen LogP contribution in [0, 0.1) is 18.7 Å². The second-order valence-corrected chi connectivity index (χ2v) is 6.19. The smallest absolute Gasteiger partial charge is 0.327 e. The van der Waals surface area contributed by atoms with E-state index in [1.54, 1.807) is 22.9 Å². The predicted molar refractivity (Wildman–Crippen MR) is 89.2 cm³/mol. The molecule has 0 saturated carbocycles. The molecule has 5 nitrogen and oxygen atoms in total. The highest BCUT2D eigenvalue weighted by Crippen LogP contribution is 2.31. The van der Waals surface area contributed by atoms with Crippen LogP contribution in [0.5, 0.6) is 0 Å². The fourth-order valence-electron chi connectivity index (χ4n) is 2.84. The van der Waals surface area contributed by atoms with Crippen molar-refractivity contribution in [1.29, 1.82) is 0 Å². The number of fused-ring (bicyclic) bond motifs is 1. The van der Waals surface area contributed by atoms with Crippen molar-refractivity contribution < 1.29 is 14.3 Å². The molecule has 0 spiro atoms. The van der Waals surface area contributed by atoms with Gasteiger partial charge in [0.25, 0.3) is 0 Å². The summed E-state index contributed by atoms with van der Waals surface area (Å²) in [5.41, 5.74) is 2.73. The molecule has 1 unspecified atom stereocenters. The Hall–Kier alpha value is -2.76. The number of hydrogen-bond donors (Lipinski definition) is 1. The third-order valence-electron chi connectivity index (χ3n) is 3.93. The number of halogens is 1. The molecule has 0 aliphatic carbocycles. The third-order valence-corrected chi connectivity index (χ3v) is 3.93. The van der Waals surface area contributed by atoms with Gasteiger partial charge in [0.05, 0.1) is 0 Å². The van der Waals surface area contributed by atoms with Crippen LogP contribution in [0.25, 0.3) is 22.6 Å². The minimum atomic E-state index is -0.949. The Labute approximate surface area is 138 Å². The number of carboxylic acid groups (broad SMARTS) is 1. The zero-order valence-corrected chi connectivity index (χ0v) is 13.7. The highest BCUT2D eigenvalue weighted by Gasteiger charge is 2.29. The van der Waals surface area contributed by atoms with Crippen LogP contribution in [-0.4, -0.2) is 25.6 Å². The number of aliphatic carboxylic acids is 1. The molecule has 0 amide bonds. The normalized spacial score (nSPS) is 12.7. The lowest BCUT2D eigenvalue weighted by Gasteiger charge is -2.20. The van der Waals surface area contributed by atoms with Gasteiger partial charge in [-0.25, -0.2) is 19.2 Å². The highest BCUT2D eigenvalue weighted by molar-refractivity contribution is 5.82. The van der Waals surface area contributed by atoms with Crippen LogP contribution in [0.1, 0.15) is 25.5 Å². The molecule has 0 aliphatic heterocycles. The summed E-state index contributed by atoms with van der Waals surface area (Å²) in [6.07, 6.45) is 1.69. The number of rotatable bonds is 4. The van der Waals surface area contributed by atoms with Gasteiger partial charge >= 0.3 is 5.97 Å². The van der Waals surface area contributed by atoms with Crippen molar-refractivity contribution in [2.24, 2.45) is 5.92 Å². The van der Waals surface area contributed by atoms with E-state index in [-0.39, 0.29) is 11.7 Å². The number of aromatic nitrogens is 3. The Morgan fingerprint density at radius 3 is 2.50 bits per heavy atom. The number of hydrogen-bond acceptors (Lipinski definition) is 3. The van der Waals surface area contributed by atoms with Crippen molar-refractivity contribution in [1.82, 2.24) is 14.5 Å². The van der Waals surface area contributed by atoms with Crippen molar-refractivity contribution in [3.8, 4) is 11.4 Å². The van der Waals surface area contributed by atoms with Crippen LogP contribution < -0.4 is 0 Å². The molecule has 3 rings (SSSR count). The van der Waals surface area contributed by atoms with E-state index >= 15 is 0 Å². The SMILES string of the molecule is Cc1cnc2c(c1)nc(-c1ccc(F)cc1)n2C(C(=O)O)C(C)C. The molecule has 1 atom stereocenters. The zero-order valence-electron chi connectivity index (χ0n) is 13.7. The monoisotopic (exact) mass is 327 g/mol. The number of nitrogens with zero attached hydrogens (tertiary/aromatic N) is 3. The first-order valence-electron chi connectivity index (χ1n) is 7.72. The van der Waals surface area contributed by atoms with Crippen LogP contribution in [0.4, 0.5) is 4.39 Å². The van der Waals surface area contributed by atoms with Gasteiger partial charge in [-0.05, 0) is 48.7 Å². The van der Waals surface area contributed by atoms with Crippen LogP contribution >= 0.6 is 0 Å². The zero-order chi connectivity index (χ0) is 17.4. The maximum absolute atomic E-state index is 13.2. The Bertz CT molecular complexity index is 901. The van der Waals surface area contributed by atoms with E-state index < -0.39 is 12.0 Å². The van der Waals surface area contributed by atoms with Gasteiger partial charge in [0, 0.05) is 11.8 Å². The molecule has 0 bridgehead atoms. The minimum absolute atomic E-state index is 0.165. The van der Waals surface area contributed by atoms with Crippen molar-refractivity contribution >= 4 is 17.1 Å². The number of benzene rings is 1. The Morgan fingerprint density at radius 1 is 1.25 bits per heavy atom. The van der Waals surface area contributed by atoms with Crippen LogP contribution in [0.15, 0.2) is 36.5 Å². The van der Waals surface area contributed by atoms with Gasteiger partial charge in [-0.2, -0.15) is 0 Å². The molecule has 3 aromatic rings. The van der Waals surface area contributed by atoms with E-state index in [4.69, 9.17) is 0 Å². The first-order valence-corrected chi connectivity index (χ1v) is 7.72. The molecule has 0 saturated heterocycles. The molecule has 2 aromatic heterocycles. The van der Waals surface area contributed by atoms with Crippen molar-refractivity contribution in [2.45, 2.75) is 26.8 Å². The van der Waals surface area contributed by atoms with Crippen LogP contribution in [-0.2, 0) is 4.79 Å². The van der Waals surface area contributed by atoms with Gasteiger partial charge in [0.1, 0.15) is 23.2 Å². The van der Waals surface area contributed by atoms with Gasteiger partial charge in [-0.1, -0.05) is 13.8 Å². The van der Waals surface area contributed by atoms with E-state index in [1.165, 1.54) is 12.1 Å². The highest BCUT2D eigenvalue weighted by atomic mass is 19.1. The van der Waals surface area contributed by atoms with E-state index in [1.807, 2.05) is 26.8 Å². The lowest BCUT2D eigenvalue weighted by Crippen LogP contribution is -2.25. The molecular weight excluding hydrogens is 309 g/mol. The summed E-state index contributed by atoms with van der Waals surface area (Å²) in [7, 11) is 0. The van der Waals surface area contributed by atoms with E-state index in [2.05, 4.69) is 9.97 Å². The summed E-state index contributed by atoms with van der Waals surface area (Å²) >= 11 is 0. The lowest BCUT2D eigenvalue weighted by molar-refractivity contribution is -0.142. The summed E-state index contributed by atoms with van der Waals surface area (Å²) < 4.78 is 14.9. The van der Waals surface area contributed by atoms with E-state index in [0.717, 1.165) is 5.56 Å². The molecule has 6 heteroatoms. The number of carboxylic acids is 1.